The molecule has 3 atom stereocenters. The predicted molar refractivity (Wildman–Crippen MR) is 155 cm³/mol. The maximum atomic E-state index is 13.5. The maximum Gasteiger partial charge on any atom is 0.245 e. The number of rotatable bonds is 8. The highest BCUT2D eigenvalue weighted by Crippen LogP contribution is 2.11. The van der Waals surface area contributed by atoms with Crippen molar-refractivity contribution >= 4 is 29.5 Å². The Morgan fingerprint density at radius 3 is 2.45 bits per heavy atom. The van der Waals surface area contributed by atoms with Crippen LogP contribution in [0.2, 0.25) is 0 Å². The molecule has 0 radical (unpaired) electrons. The van der Waals surface area contributed by atoms with Gasteiger partial charge in [0.2, 0.25) is 29.5 Å². The van der Waals surface area contributed by atoms with Crippen LogP contribution in [0.3, 0.4) is 0 Å². The summed E-state index contributed by atoms with van der Waals surface area (Å²) in [6.45, 7) is 5.81. The molecule has 1 aromatic carbocycles. The number of likely N-dealkylation sites (N-methyl/N-ethyl adjacent to an activating group) is 1. The lowest BCUT2D eigenvalue weighted by Gasteiger charge is -2.30. The molecule has 13 nitrogen and oxygen atoms in total. The Morgan fingerprint density at radius 1 is 1.05 bits per heavy atom. The van der Waals surface area contributed by atoms with Gasteiger partial charge in [-0.3, -0.25) is 28.7 Å². The third-order valence-corrected chi connectivity index (χ3v) is 7.18. The van der Waals surface area contributed by atoms with Gasteiger partial charge in [0, 0.05) is 39.5 Å². The van der Waals surface area contributed by atoms with Crippen LogP contribution in [-0.4, -0.2) is 98.9 Å². The minimum Gasteiger partial charge on any atom is -0.353 e. The van der Waals surface area contributed by atoms with Crippen molar-refractivity contribution in [3.05, 3.63) is 48.5 Å². The lowest BCUT2D eigenvalue weighted by Crippen LogP contribution is -2.57. The van der Waals surface area contributed by atoms with E-state index >= 15 is 0 Å². The predicted octanol–water partition coefficient (Wildman–Crippen LogP) is 0.122. The molecule has 0 saturated carbocycles. The van der Waals surface area contributed by atoms with Gasteiger partial charge in [0.05, 0.1) is 6.54 Å². The number of carbonyl (C=O) groups excluding carboxylic acids is 5. The average Bonchev–Trinajstić information content (AvgIpc) is 3.48. The third-order valence-electron chi connectivity index (χ3n) is 7.18. The Morgan fingerprint density at radius 2 is 1.79 bits per heavy atom. The molecule has 5 amide bonds. The van der Waals surface area contributed by atoms with E-state index in [4.69, 9.17) is 0 Å². The van der Waals surface area contributed by atoms with Crippen LogP contribution >= 0.6 is 0 Å². The zero-order valence-corrected chi connectivity index (χ0v) is 24.8. The molecule has 2 heterocycles. The molecule has 1 aliphatic rings. The lowest BCUT2D eigenvalue weighted by atomic mass is 10.0. The van der Waals surface area contributed by atoms with Crippen molar-refractivity contribution in [2.24, 2.45) is 5.92 Å². The van der Waals surface area contributed by atoms with Crippen LogP contribution in [0.15, 0.2) is 43.0 Å². The van der Waals surface area contributed by atoms with Crippen molar-refractivity contribution in [2.45, 2.75) is 71.1 Å². The first-order chi connectivity index (χ1) is 20.0. The molecule has 2 aromatic rings. The molecule has 0 aliphatic carbocycles. The first kappa shape index (κ1) is 32.2. The van der Waals surface area contributed by atoms with E-state index in [1.165, 1.54) is 23.2 Å². The van der Waals surface area contributed by atoms with E-state index in [-0.39, 0.29) is 44.3 Å². The molecule has 1 aromatic heterocycles. The summed E-state index contributed by atoms with van der Waals surface area (Å²) in [7, 11) is 1.50. The van der Waals surface area contributed by atoms with Gasteiger partial charge in [0.15, 0.2) is 0 Å². The van der Waals surface area contributed by atoms with Crippen molar-refractivity contribution in [1.29, 1.82) is 0 Å². The number of nitrogens with one attached hydrogen (secondary N) is 3. The summed E-state index contributed by atoms with van der Waals surface area (Å²) < 4.78 is 1.62. The number of nitrogens with zero attached hydrogens (tertiary/aromatic N) is 5. The largest absolute Gasteiger partial charge is 0.353 e. The zero-order valence-electron chi connectivity index (χ0n) is 24.8. The summed E-state index contributed by atoms with van der Waals surface area (Å²) in [5.41, 5.74) is 0.851. The monoisotopic (exact) mass is 582 g/mol. The highest BCUT2D eigenvalue weighted by molar-refractivity contribution is 5.94. The first-order valence-corrected chi connectivity index (χ1v) is 14.3. The van der Waals surface area contributed by atoms with Crippen LogP contribution in [0.25, 0.3) is 0 Å². The smallest absolute Gasteiger partial charge is 0.245 e. The second-order valence-corrected chi connectivity index (χ2v) is 11.0. The summed E-state index contributed by atoms with van der Waals surface area (Å²) >= 11 is 0. The van der Waals surface area contributed by atoms with Gasteiger partial charge in [-0.1, -0.05) is 44.2 Å². The summed E-state index contributed by atoms with van der Waals surface area (Å²) in [6, 6.07) is 6.60. The number of aryl methyl sites for hydroxylation is 1. The van der Waals surface area contributed by atoms with Gasteiger partial charge in [0.1, 0.15) is 30.8 Å². The molecule has 1 aliphatic heterocycles. The molecule has 13 heteroatoms. The van der Waals surface area contributed by atoms with Gasteiger partial charge in [-0.05, 0) is 31.2 Å². The normalized spacial score (nSPS) is 21.3. The Labute approximate surface area is 246 Å². The van der Waals surface area contributed by atoms with Gasteiger partial charge < -0.3 is 25.8 Å². The van der Waals surface area contributed by atoms with Crippen LogP contribution in [0, 0.1) is 5.92 Å². The van der Waals surface area contributed by atoms with E-state index < -0.39 is 41.8 Å². The molecule has 228 valence electrons. The molecule has 0 bridgehead atoms. The Bertz CT molecular complexity index is 1200. The van der Waals surface area contributed by atoms with Crippen molar-refractivity contribution < 1.29 is 24.0 Å². The van der Waals surface area contributed by atoms with E-state index in [9.17, 15) is 24.0 Å². The number of amides is 5. The van der Waals surface area contributed by atoms with Crippen LogP contribution in [0.5, 0.6) is 0 Å². The summed E-state index contributed by atoms with van der Waals surface area (Å²) in [4.78, 5) is 72.9. The quantitative estimate of drug-likeness (QED) is 0.399. The molecule has 0 spiro atoms. The number of hydrogen-bond acceptors (Lipinski definition) is 7. The number of aromatic nitrogens is 3. The fourth-order valence-electron chi connectivity index (χ4n) is 4.70. The highest BCUT2D eigenvalue weighted by Gasteiger charge is 2.33. The number of benzene rings is 1. The van der Waals surface area contributed by atoms with E-state index in [1.54, 1.807) is 17.9 Å². The van der Waals surface area contributed by atoms with E-state index in [0.717, 1.165) is 5.56 Å². The molecule has 3 N–H and O–H groups in total. The van der Waals surface area contributed by atoms with Gasteiger partial charge >= 0.3 is 0 Å². The van der Waals surface area contributed by atoms with Crippen molar-refractivity contribution in [3.8, 4) is 0 Å². The number of carbonyl (C=O) groups is 5. The standard InChI is InChI=1S/C29H42N8O5/c1-20(2)15-24-29(42)35(4)21(3)27(40)34-23(16-22-9-6-5-7-10-22)28(41)31-12-14-36(17-25(38)33-24)26(39)11-8-13-37-19-30-18-32-37/h5-7,9-10,18-21,23-24H,8,11-17H2,1-4H3,(H,31,41)(H,33,38)(H,34,40)/t21-,23-,24-/m0/s1. The summed E-state index contributed by atoms with van der Waals surface area (Å²) in [5, 5.41) is 12.4. The van der Waals surface area contributed by atoms with E-state index in [0.29, 0.717) is 19.4 Å². The lowest BCUT2D eigenvalue weighted by molar-refractivity contribution is -0.142. The third kappa shape index (κ3) is 9.67. The SMILES string of the molecule is CC(C)C[C@@H]1NC(=O)CN(C(=O)CCCn2cncn2)CCNC(=O)[C@H](Cc2ccccc2)NC(=O)[C@H](C)N(C)C1=O. The topological polar surface area (TPSA) is 159 Å². The minimum absolute atomic E-state index is 0.0745. The average molecular weight is 583 g/mol. The van der Waals surface area contributed by atoms with Crippen LogP contribution in [0.1, 0.15) is 45.6 Å². The van der Waals surface area contributed by atoms with Gasteiger partial charge in [-0.15, -0.1) is 0 Å². The molecular formula is C29H42N8O5. The molecule has 42 heavy (non-hydrogen) atoms. The second-order valence-electron chi connectivity index (χ2n) is 11.0. The van der Waals surface area contributed by atoms with E-state index in [1.807, 2.05) is 44.2 Å². The Balaban J connectivity index is 1.83. The van der Waals surface area contributed by atoms with Crippen LogP contribution in [-0.2, 0) is 36.9 Å². The fraction of sp³-hybridized carbons (Fsp3) is 0.552. The molecule has 1 saturated heterocycles. The molecule has 3 rings (SSSR count). The maximum absolute atomic E-state index is 13.5. The Hall–Kier alpha value is -4.29. The molecule has 0 unspecified atom stereocenters. The minimum atomic E-state index is -0.908. The summed E-state index contributed by atoms with van der Waals surface area (Å²) in [5.74, 6) is -2.03. The van der Waals surface area contributed by atoms with Crippen LogP contribution in [0.4, 0.5) is 0 Å². The van der Waals surface area contributed by atoms with E-state index in [2.05, 4.69) is 26.0 Å². The second kappa shape index (κ2) is 15.6. The van der Waals surface area contributed by atoms with Gasteiger partial charge in [-0.25, -0.2) is 4.98 Å². The first-order valence-electron chi connectivity index (χ1n) is 14.3. The molecular weight excluding hydrogens is 540 g/mol. The van der Waals surface area contributed by atoms with Gasteiger partial charge in [-0.2, -0.15) is 5.10 Å². The highest BCUT2D eigenvalue weighted by atomic mass is 16.2. The summed E-state index contributed by atoms with van der Waals surface area (Å²) in [6.07, 6.45) is 4.21. The van der Waals surface area contributed by atoms with Crippen molar-refractivity contribution in [1.82, 2.24) is 40.5 Å². The fourth-order valence-corrected chi connectivity index (χ4v) is 4.70. The van der Waals surface area contributed by atoms with Crippen molar-refractivity contribution in [3.63, 3.8) is 0 Å². The number of hydrogen-bond donors (Lipinski definition) is 3. The van der Waals surface area contributed by atoms with Crippen molar-refractivity contribution in [2.75, 3.05) is 26.7 Å². The zero-order chi connectivity index (χ0) is 30.6. The van der Waals surface area contributed by atoms with Gasteiger partial charge in [0.25, 0.3) is 0 Å². The van der Waals surface area contributed by atoms with Crippen LogP contribution < -0.4 is 16.0 Å². The molecule has 1 fully saturated rings. The Kier molecular flexibility index (Phi) is 12.0.